The molecule has 2 heterocycles. The van der Waals surface area contributed by atoms with Gasteiger partial charge in [0.15, 0.2) is 23.1 Å². The molecule has 1 aliphatic heterocycles. The fraction of sp³-hybridized carbons (Fsp3) is 0.423. The maximum Gasteiger partial charge on any atom is 0.162 e. The zero-order chi connectivity index (χ0) is 25.5. The van der Waals surface area contributed by atoms with Crippen LogP contribution in [0.3, 0.4) is 0 Å². The van der Waals surface area contributed by atoms with Gasteiger partial charge >= 0.3 is 0 Å². The van der Waals surface area contributed by atoms with Crippen molar-refractivity contribution >= 4 is 0 Å². The predicted molar refractivity (Wildman–Crippen MR) is 128 cm³/mol. The highest BCUT2D eigenvalue weighted by molar-refractivity contribution is 5.43. The molecular weight excluding hydrogens is 472 g/mol. The van der Waals surface area contributed by atoms with E-state index in [-0.39, 0.29) is 25.5 Å². The number of ether oxygens (including phenoxy) is 4. The summed E-state index contributed by atoms with van der Waals surface area (Å²) in [5, 5.41) is 11.1. The van der Waals surface area contributed by atoms with Crippen molar-refractivity contribution in [3.63, 3.8) is 0 Å². The van der Waals surface area contributed by atoms with Gasteiger partial charge in [-0.2, -0.15) is 0 Å². The smallest absolute Gasteiger partial charge is 0.162 e. The highest BCUT2D eigenvalue weighted by Crippen LogP contribution is 2.29. The van der Waals surface area contributed by atoms with Crippen LogP contribution in [0.15, 0.2) is 48.8 Å². The molecule has 1 aliphatic rings. The lowest BCUT2D eigenvalue weighted by atomic mass is 10.1. The van der Waals surface area contributed by atoms with E-state index >= 15 is 0 Å². The van der Waals surface area contributed by atoms with Crippen LogP contribution < -0.4 is 14.2 Å². The Kier molecular flexibility index (Phi) is 8.40. The van der Waals surface area contributed by atoms with Crippen LogP contribution in [0.2, 0.25) is 0 Å². The fourth-order valence-electron chi connectivity index (χ4n) is 4.09. The van der Waals surface area contributed by atoms with Crippen molar-refractivity contribution in [3.8, 4) is 17.2 Å². The number of imidazole rings is 1. The molecule has 1 fully saturated rings. The molecule has 0 amide bonds. The third kappa shape index (κ3) is 6.71. The van der Waals surface area contributed by atoms with E-state index < -0.39 is 17.2 Å². The summed E-state index contributed by atoms with van der Waals surface area (Å²) >= 11 is 0. The maximum atomic E-state index is 13.5. The van der Waals surface area contributed by atoms with Crippen molar-refractivity contribution in [1.82, 2.24) is 14.5 Å². The first-order valence-electron chi connectivity index (χ1n) is 11.7. The van der Waals surface area contributed by atoms with Crippen LogP contribution in [-0.2, 0) is 17.8 Å². The lowest BCUT2D eigenvalue weighted by molar-refractivity contribution is -0.0647. The highest BCUT2D eigenvalue weighted by Gasteiger charge is 2.33. The van der Waals surface area contributed by atoms with E-state index in [1.54, 1.807) is 13.3 Å². The number of hydrogen-bond acceptors (Lipinski definition) is 7. The van der Waals surface area contributed by atoms with Crippen LogP contribution in [0.4, 0.5) is 8.78 Å². The van der Waals surface area contributed by atoms with Gasteiger partial charge in [-0.05, 0) is 36.8 Å². The molecule has 4 rings (SSSR count). The monoisotopic (exact) mass is 503 g/mol. The van der Waals surface area contributed by atoms with Crippen LogP contribution >= 0.6 is 0 Å². The molecule has 1 saturated heterocycles. The Morgan fingerprint density at radius 1 is 1.11 bits per heavy atom. The van der Waals surface area contributed by atoms with Gasteiger partial charge in [-0.25, -0.2) is 13.8 Å². The van der Waals surface area contributed by atoms with E-state index in [0.29, 0.717) is 44.3 Å². The number of benzene rings is 2. The van der Waals surface area contributed by atoms with Crippen LogP contribution in [0.5, 0.6) is 17.2 Å². The average molecular weight is 504 g/mol. The summed E-state index contributed by atoms with van der Waals surface area (Å²) in [5.41, 5.74) is -0.342. The van der Waals surface area contributed by atoms with Gasteiger partial charge in [0.2, 0.25) is 0 Å². The Bertz CT molecular complexity index is 1160. The fourth-order valence-corrected chi connectivity index (χ4v) is 4.09. The van der Waals surface area contributed by atoms with E-state index in [1.807, 2.05) is 35.9 Å². The molecule has 8 nitrogen and oxygen atoms in total. The normalized spacial score (nSPS) is 18.6. The van der Waals surface area contributed by atoms with Gasteiger partial charge in [-0.3, -0.25) is 4.90 Å². The predicted octanol–water partition coefficient (Wildman–Crippen LogP) is 3.20. The van der Waals surface area contributed by atoms with Crippen LogP contribution in [0, 0.1) is 18.6 Å². The molecule has 0 unspecified atom stereocenters. The number of halogens is 2. The second-order valence-corrected chi connectivity index (χ2v) is 8.85. The van der Waals surface area contributed by atoms with Crippen molar-refractivity contribution < 1.29 is 32.8 Å². The summed E-state index contributed by atoms with van der Waals surface area (Å²) in [7, 11) is 1.60. The zero-order valence-corrected chi connectivity index (χ0v) is 20.5. The number of hydrogen-bond donors (Lipinski definition) is 1. The zero-order valence-electron chi connectivity index (χ0n) is 20.5. The largest absolute Gasteiger partial charge is 0.493 e. The van der Waals surface area contributed by atoms with Crippen molar-refractivity contribution in [2.75, 3.05) is 46.6 Å². The first-order valence-corrected chi connectivity index (χ1v) is 11.7. The number of aromatic nitrogens is 2. The summed E-state index contributed by atoms with van der Waals surface area (Å²) in [6.07, 6.45) is 3.66. The Labute approximate surface area is 209 Å². The molecule has 0 bridgehead atoms. The van der Waals surface area contributed by atoms with Gasteiger partial charge in [0.05, 0.1) is 26.9 Å². The number of aryl methyl sites for hydroxylation is 1. The summed E-state index contributed by atoms with van der Waals surface area (Å²) < 4.78 is 51.3. The quantitative estimate of drug-likeness (QED) is 0.455. The number of aliphatic hydroxyl groups is 1. The first-order chi connectivity index (χ1) is 17.3. The molecule has 36 heavy (non-hydrogen) atoms. The standard InChI is InChI=1S/C26H31F2N3O5/c1-19-29-7-8-31(19)10-12-35-25-13-20(3-6-24(25)33-2)15-30-9-11-34-17-26(32,16-30)18-36-21-4-5-22(27)23(28)14-21/h3-8,13-14,32H,9-12,15-18H2,1-2H3/t26-/m0/s1. The lowest BCUT2D eigenvalue weighted by Crippen LogP contribution is -2.48. The van der Waals surface area contributed by atoms with Gasteiger partial charge in [0, 0.05) is 38.1 Å². The van der Waals surface area contributed by atoms with Gasteiger partial charge in [-0.1, -0.05) is 6.07 Å². The first kappa shape index (κ1) is 25.9. The molecule has 0 aliphatic carbocycles. The Morgan fingerprint density at radius 2 is 1.97 bits per heavy atom. The molecule has 194 valence electrons. The lowest BCUT2D eigenvalue weighted by Gasteiger charge is -2.30. The molecule has 1 N–H and O–H groups in total. The minimum atomic E-state index is -1.32. The summed E-state index contributed by atoms with van der Waals surface area (Å²) in [6.45, 7) is 4.86. The van der Waals surface area contributed by atoms with Crippen molar-refractivity contribution in [2.24, 2.45) is 0 Å². The molecular formula is C26H31F2N3O5. The van der Waals surface area contributed by atoms with Gasteiger partial charge in [0.25, 0.3) is 0 Å². The van der Waals surface area contributed by atoms with Crippen molar-refractivity contribution in [3.05, 3.63) is 71.8 Å². The van der Waals surface area contributed by atoms with Crippen molar-refractivity contribution in [1.29, 1.82) is 0 Å². The number of methoxy groups -OCH3 is 1. The van der Waals surface area contributed by atoms with Gasteiger partial charge < -0.3 is 28.6 Å². The molecule has 0 radical (unpaired) electrons. The van der Waals surface area contributed by atoms with E-state index in [1.165, 1.54) is 6.07 Å². The molecule has 0 saturated carbocycles. The highest BCUT2D eigenvalue weighted by atomic mass is 19.2. The summed E-state index contributed by atoms with van der Waals surface area (Å²) in [4.78, 5) is 6.28. The maximum absolute atomic E-state index is 13.5. The topological polar surface area (TPSA) is 78.2 Å². The van der Waals surface area contributed by atoms with Crippen LogP contribution in [0.1, 0.15) is 11.4 Å². The van der Waals surface area contributed by atoms with E-state index in [9.17, 15) is 13.9 Å². The van der Waals surface area contributed by atoms with E-state index in [2.05, 4.69) is 9.88 Å². The summed E-state index contributed by atoms with van der Waals surface area (Å²) in [5.74, 6) is 0.373. The minimum Gasteiger partial charge on any atom is -0.493 e. The molecule has 1 aromatic heterocycles. The van der Waals surface area contributed by atoms with E-state index in [0.717, 1.165) is 23.5 Å². The Hall–Kier alpha value is -3.21. The second kappa shape index (κ2) is 11.7. The Morgan fingerprint density at radius 3 is 2.72 bits per heavy atom. The van der Waals surface area contributed by atoms with Gasteiger partial charge in [0.1, 0.15) is 30.4 Å². The number of β-amino-alcohol motifs (C(OH)–C–C–N with tert-alkyl or cyclic N) is 1. The minimum absolute atomic E-state index is 0.0673. The van der Waals surface area contributed by atoms with Crippen LogP contribution in [-0.4, -0.2) is 71.8 Å². The number of rotatable bonds is 10. The summed E-state index contributed by atoms with van der Waals surface area (Å²) in [6, 6.07) is 9.02. The molecule has 0 spiro atoms. The van der Waals surface area contributed by atoms with Gasteiger partial charge in [-0.15, -0.1) is 0 Å². The molecule has 3 aromatic rings. The molecule has 2 aromatic carbocycles. The second-order valence-electron chi connectivity index (χ2n) is 8.85. The SMILES string of the molecule is COc1ccc(CN2CCOC[C@](O)(COc3ccc(F)c(F)c3)C2)cc1OCCn1ccnc1C. The van der Waals surface area contributed by atoms with E-state index in [4.69, 9.17) is 18.9 Å². The third-order valence-corrected chi connectivity index (χ3v) is 5.99. The Balaban J connectivity index is 1.38. The third-order valence-electron chi connectivity index (χ3n) is 5.99. The molecule has 10 heteroatoms. The van der Waals surface area contributed by atoms with Crippen LogP contribution in [0.25, 0.3) is 0 Å². The van der Waals surface area contributed by atoms with Crippen molar-refractivity contribution in [2.45, 2.75) is 25.6 Å². The average Bonchev–Trinajstić information content (AvgIpc) is 3.17. The molecule has 1 atom stereocenters. The number of nitrogens with zero attached hydrogens (tertiary/aromatic N) is 3.